The third-order valence-electron chi connectivity index (χ3n) is 4.44. The van der Waals surface area contributed by atoms with E-state index < -0.39 is 11.6 Å². The minimum absolute atomic E-state index is 0.196. The van der Waals surface area contributed by atoms with E-state index in [1.54, 1.807) is 0 Å². The van der Waals surface area contributed by atoms with Crippen molar-refractivity contribution < 1.29 is 19.4 Å². The van der Waals surface area contributed by atoms with Crippen LogP contribution in [0, 0.1) is 0 Å². The molecule has 2 saturated heterocycles. The third-order valence-corrected chi connectivity index (χ3v) is 4.44. The first-order valence-corrected chi connectivity index (χ1v) is 7.81. The van der Waals surface area contributed by atoms with Gasteiger partial charge in [0.15, 0.2) is 0 Å². The Morgan fingerprint density at radius 2 is 2.05 bits per heavy atom. The highest BCUT2D eigenvalue weighted by molar-refractivity contribution is 5.79. The van der Waals surface area contributed by atoms with Gasteiger partial charge in [-0.2, -0.15) is 0 Å². The average molecular weight is 298 g/mol. The van der Waals surface area contributed by atoms with E-state index in [0.29, 0.717) is 25.7 Å². The standard InChI is InChI=1S/C15H26N2O4/c1-3-12-6-4-5-7-17(12)13(18)8-16-10-15(2,11-16)21-9-14(19)20/h12H,3-11H2,1-2H3,(H,19,20). The molecule has 2 aliphatic heterocycles. The van der Waals surface area contributed by atoms with Crippen molar-refractivity contribution in [3.8, 4) is 0 Å². The lowest BCUT2D eigenvalue weighted by Crippen LogP contribution is -2.64. The lowest BCUT2D eigenvalue weighted by molar-refractivity contribution is -0.168. The number of amides is 1. The Kier molecular flexibility index (Phi) is 5.22. The van der Waals surface area contributed by atoms with E-state index >= 15 is 0 Å². The molecule has 0 spiro atoms. The van der Waals surface area contributed by atoms with Gasteiger partial charge >= 0.3 is 5.97 Å². The molecule has 2 aliphatic rings. The summed E-state index contributed by atoms with van der Waals surface area (Å²) in [6.45, 7) is 6.29. The summed E-state index contributed by atoms with van der Waals surface area (Å²) in [6.07, 6.45) is 4.45. The number of carboxylic acids is 1. The highest BCUT2D eigenvalue weighted by Crippen LogP contribution is 2.25. The highest BCUT2D eigenvalue weighted by atomic mass is 16.5. The molecular weight excluding hydrogens is 272 g/mol. The summed E-state index contributed by atoms with van der Waals surface area (Å²) >= 11 is 0. The van der Waals surface area contributed by atoms with Crippen LogP contribution >= 0.6 is 0 Å². The Morgan fingerprint density at radius 1 is 1.33 bits per heavy atom. The quantitative estimate of drug-likeness (QED) is 0.790. The predicted molar refractivity (Wildman–Crippen MR) is 78.1 cm³/mol. The van der Waals surface area contributed by atoms with Crippen LogP contribution in [0.25, 0.3) is 0 Å². The molecule has 1 amide bonds. The molecule has 6 heteroatoms. The average Bonchev–Trinajstić information content (AvgIpc) is 2.43. The maximum Gasteiger partial charge on any atom is 0.329 e. The number of aliphatic carboxylic acids is 1. The molecule has 2 fully saturated rings. The molecule has 0 radical (unpaired) electrons. The summed E-state index contributed by atoms with van der Waals surface area (Å²) in [5.41, 5.74) is -0.426. The van der Waals surface area contributed by atoms with Crippen LogP contribution in [0.3, 0.4) is 0 Å². The van der Waals surface area contributed by atoms with E-state index in [2.05, 4.69) is 6.92 Å². The first-order valence-electron chi connectivity index (χ1n) is 7.81. The van der Waals surface area contributed by atoms with Crippen molar-refractivity contribution in [2.24, 2.45) is 0 Å². The molecule has 0 aliphatic carbocycles. The Hall–Kier alpha value is -1.14. The van der Waals surface area contributed by atoms with Gasteiger partial charge in [0, 0.05) is 25.7 Å². The van der Waals surface area contributed by atoms with Crippen molar-refractivity contribution in [2.75, 3.05) is 32.8 Å². The van der Waals surface area contributed by atoms with Gasteiger partial charge < -0.3 is 14.7 Å². The molecule has 0 saturated carbocycles. The zero-order valence-electron chi connectivity index (χ0n) is 13.0. The predicted octanol–water partition coefficient (Wildman–Crippen LogP) is 0.953. The number of piperidine rings is 1. The van der Waals surface area contributed by atoms with Crippen molar-refractivity contribution in [3.63, 3.8) is 0 Å². The van der Waals surface area contributed by atoms with Gasteiger partial charge in [-0.05, 0) is 32.6 Å². The summed E-state index contributed by atoms with van der Waals surface area (Å²) in [7, 11) is 0. The number of nitrogens with zero attached hydrogens (tertiary/aromatic N) is 2. The summed E-state index contributed by atoms with van der Waals surface area (Å²) in [4.78, 5) is 27.0. The van der Waals surface area contributed by atoms with Gasteiger partial charge in [0.25, 0.3) is 0 Å². The van der Waals surface area contributed by atoms with Crippen LogP contribution in [0.5, 0.6) is 0 Å². The second-order valence-corrected chi connectivity index (χ2v) is 6.42. The Morgan fingerprint density at radius 3 is 2.67 bits per heavy atom. The Balaban J connectivity index is 1.76. The monoisotopic (exact) mass is 298 g/mol. The molecule has 6 nitrogen and oxygen atoms in total. The number of hydrogen-bond donors (Lipinski definition) is 1. The van der Waals surface area contributed by atoms with Gasteiger partial charge in [0.1, 0.15) is 6.61 Å². The lowest BCUT2D eigenvalue weighted by atomic mass is 9.95. The molecule has 0 aromatic heterocycles. The van der Waals surface area contributed by atoms with Gasteiger partial charge in [-0.15, -0.1) is 0 Å². The minimum Gasteiger partial charge on any atom is -0.480 e. The van der Waals surface area contributed by atoms with E-state index in [4.69, 9.17) is 9.84 Å². The van der Waals surface area contributed by atoms with E-state index in [1.165, 1.54) is 6.42 Å². The maximum atomic E-state index is 12.4. The first-order chi connectivity index (χ1) is 9.93. The molecule has 21 heavy (non-hydrogen) atoms. The number of hydrogen-bond acceptors (Lipinski definition) is 4. The van der Waals surface area contributed by atoms with Crippen LogP contribution in [0.15, 0.2) is 0 Å². The molecule has 120 valence electrons. The molecule has 1 N–H and O–H groups in total. The topological polar surface area (TPSA) is 70.1 Å². The fraction of sp³-hybridized carbons (Fsp3) is 0.867. The highest BCUT2D eigenvalue weighted by Gasteiger charge is 2.41. The molecule has 1 atom stereocenters. The molecule has 2 rings (SSSR count). The summed E-state index contributed by atoms with van der Waals surface area (Å²) in [5.74, 6) is -0.758. The minimum atomic E-state index is -0.954. The maximum absolute atomic E-state index is 12.4. The third kappa shape index (κ3) is 4.17. The van der Waals surface area contributed by atoms with Gasteiger partial charge in [0.2, 0.25) is 5.91 Å². The van der Waals surface area contributed by atoms with Crippen molar-refractivity contribution in [1.29, 1.82) is 0 Å². The molecule has 0 bridgehead atoms. The summed E-state index contributed by atoms with van der Waals surface area (Å²) in [5, 5.41) is 8.63. The van der Waals surface area contributed by atoms with Crippen LogP contribution in [0.4, 0.5) is 0 Å². The summed E-state index contributed by atoms with van der Waals surface area (Å²) < 4.78 is 5.36. The van der Waals surface area contributed by atoms with Gasteiger partial charge in [-0.25, -0.2) is 4.79 Å². The van der Waals surface area contributed by atoms with Crippen molar-refractivity contribution in [2.45, 2.75) is 51.2 Å². The first kappa shape index (κ1) is 16.2. The van der Waals surface area contributed by atoms with Crippen molar-refractivity contribution in [1.82, 2.24) is 9.80 Å². The second-order valence-electron chi connectivity index (χ2n) is 6.42. The van der Waals surface area contributed by atoms with Gasteiger partial charge in [-0.3, -0.25) is 9.69 Å². The van der Waals surface area contributed by atoms with E-state index in [9.17, 15) is 9.59 Å². The fourth-order valence-corrected chi connectivity index (χ4v) is 3.37. The van der Waals surface area contributed by atoms with Crippen molar-refractivity contribution >= 4 is 11.9 Å². The number of rotatable bonds is 6. The molecule has 0 aromatic rings. The number of carbonyl (C=O) groups is 2. The lowest BCUT2D eigenvalue weighted by Gasteiger charge is -2.48. The van der Waals surface area contributed by atoms with E-state index in [1.807, 2.05) is 16.7 Å². The molecule has 1 unspecified atom stereocenters. The normalized spacial score (nSPS) is 25.4. The molecule has 0 aromatic carbocycles. The van der Waals surface area contributed by atoms with Crippen LogP contribution in [0.1, 0.15) is 39.5 Å². The molecular formula is C15H26N2O4. The Bertz CT molecular complexity index is 393. The smallest absolute Gasteiger partial charge is 0.329 e. The fourth-order valence-electron chi connectivity index (χ4n) is 3.37. The van der Waals surface area contributed by atoms with Crippen LogP contribution in [-0.4, -0.2) is 71.2 Å². The van der Waals surface area contributed by atoms with E-state index in [-0.39, 0.29) is 12.5 Å². The van der Waals surface area contributed by atoms with E-state index in [0.717, 1.165) is 25.8 Å². The van der Waals surface area contributed by atoms with Crippen LogP contribution in [0.2, 0.25) is 0 Å². The zero-order chi connectivity index (χ0) is 15.5. The zero-order valence-corrected chi connectivity index (χ0v) is 13.0. The number of likely N-dealkylation sites (tertiary alicyclic amines) is 2. The Labute approximate surface area is 126 Å². The number of ether oxygens (including phenoxy) is 1. The van der Waals surface area contributed by atoms with Crippen LogP contribution < -0.4 is 0 Å². The number of carboxylic acid groups (broad SMARTS) is 1. The van der Waals surface area contributed by atoms with Gasteiger partial charge in [0.05, 0.1) is 12.1 Å². The second kappa shape index (κ2) is 6.75. The van der Waals surface area contributed by atoms with Crippen molar-refractivity contribution in [3.05, 3.63) is 0 Å². The summed E-state index contributed by atoms with van der Waals surface area (Å²) in [6, 6.07) is 0.391. The van der Waals surface area contributed by atoms with Crippen LogP contribution in [-0.2, 0) is 14.3 Å². The molecule has 2 heterocycles. The SMILES string of the molecule is CCC1CCCCN1C(=O)CN1CC(C)(OCC(=O)O)C1. The van der Waals surface area contributed by atoms with Gasteiger partial charge in [-0.1, -0.05) is 6.92 Å². The number of carbonyl (C=O) groups excluding carboxylic acids is 1. The largest absolute Gasteiger partial charge is 0.480 e.